The van der Waals surface area contributed by atoms with Crippen molar-refractivity contribution in [1.29, 1.82) is 0 Å². The Labute approximate surface area is 149 Å². The monoisotopic (exact) mass is 371 g/mol. The van der Waals surface area contributed by atoms with Gasteiger partial charge in [0.25, 0.3) is 10.0 Å². The van der Waals surface area contributed by atoms with Crippen molar-refractivity contribution in [3.63, 3.8) is 0 Å². The van der Waals surface area contributed by atoms with Crippen LogP contribution < -0.4 is 4.74 Å². The highest BCUT2D eigenvalue weighted by Crippen LogP contribution is 2.17. The van der Waals surface area contributed by atoms with Crippen LogP contribution in [0, 0.1) is 0 Å². The lowest BCUT2D eigenvalue weighted by Crippen LogP contribution is -2.06. The Morgan fingerprint density at radius 1 is 0.960 bits per heavy atom. The maximum absolute atomic E-state index is 12.1. The van der Waals surface area contributed by atoms with Gasteiger partial charge in [-0.25, -0.2) is 4.79 Å². The van der Waals surface area contributed by atoms with Crippen molar-refractivity contribution in [1.82, 2.24) is 0 Å². The summed E-state index contributed by atoms with van der Waals surface area (Å²) in [6.45, 7) is 0. The van der Waals surface area contributed by atoms with Crippen molar-refractivity contribution >= 4 is 33.5 Å². The second kappa shape index (κ2) is 7.42. The number of benzene rings is 2. The zero-order valence-electron chi connectivity index (χ0n) is 12.9. The van der Waals surface area contributed by atoms with Gasteiger partial charge in [-0.1, -0.05) is 24.3 Å². The summed E-state index contributed by atoms with van der Waals surface area (Å²) >= 11 is 1.30. The molecule has 0 saturated carbocycles. The maximum atomic E-state index is 12.1. The fourth-order valence-electron chi connectivity index (χ4n) is 1.96. The normalized spacial score (nSPS) is 11.5. The van der Waals surface area contributed by atoms with Crippen molar-refractivity contribution in [2.45, 2.75) is 4.90 Å². The number of hydrogen-bond acceptors (Lipinski definition) is 5. The van der Waals surface area contributed by atoms with Gasteiger partial charge in [-0.2, -0.15) is 12.8 Å². The highest BCUT2D eigenvalue weighted by Gasteiger charge is 2.11. The van der Waals surface area contributed by atoms with Crippen LogP contribution in [0.3, 0.4) is 0 Å². The standard InChI is InChI=1S/C18H13NO4S2/c20-18(17-7-4-12-24-17)23-15-10-8-14(9-11-15)13-19-25(21,22)16-5-2-1-3-6-16/h1-13H/b19-13-. The smallest absolute Gasteiger partial charge is 0.353 e. The van der Waals surface area contributed by atoms with E-state index in [9.17, 15) is 13.2 Å². The first-order valence-electron chi connectivity index (χ1n) is 7.26. The van der Waals surface area contributed by atoms with Crippen LogP contribution in [0.1, 0.15) is 15.2 Å². The molecule has 7 heteroatoms. The van der Waals surface area contributed by atoms with Crippen molar-refractivity contribution in [2.75, 3.05) is 0 Å². The van der Waals surface area contributed by atoms with Gasteiger partial charge in [-0.15, -0.1) is 11.3 Å². The first-order chi connectivity index (χ1) is 12.0. The number of thiophene rings is 1. The molecule has 25 heavy (non-hydrogen) atoms. The first-order valence-corrected chi connectivity index (χ1v) is 9.58. The largest absolute Gasteiger partial charge is 0.422 e. The molecule has 0 aliphatic heterocycles. The van der Waals surface area contributed by atoms with Gasteiger partial charge in [0.1, 0.15) is 10.6 Å². The number of carbonyl (C=O) groups is 1. The maximum Gasteiger partial charge on any atom is 0.353 e. The van der Waals surface area contributed by atoms with Gasteiger partial charge in [-0.05, 0) is 53.4 Å². The topological polar surface area (TPSA) is 72.8 Å². The molecule has 0 saturated heterocycles. The second-order valence-electron chi connectivity index (χ2n) is 4.96. The summed E-state index contributed by atoms with van der Waals surface area (Å²) in [5, 5.41) is 1.79. The third kappa shape index (κ3) is 4.40. The van der Waals surface area contributed by atoms with Crippen LogP contribution in [0.15, 0.2) is 81.4 Å². The van der Waals surface area contributed by atoms with Crippen molar-refractivity contribution in [3.8, 4) is 5.75 Å². The van der Waals surface area contributed by atoms with Crippen molar-refractivity contribution < 1.29 is 17.9 Å². The molecule has 2 aromatic carbocycles. The van der Waals surface area contributed by atoms with E-state index in [4.69, 9.17) is 4.74 Å². The van der Waals surface area contributed by atoms with E-state index >= 15 is 0 Å². The minimum absolute atomic E-state index is 0.132. The number of rotatable bonds is 5. The van der Waals surface area contributed by atoms with Crippen LogP contribution in [-0.4, -0.2) is 20.6 Å². The Kier molecular flexibility index (Phi) is 5.06. The Morgan fingerprint density at radius 3 is 2.32 bits per heavy atom. The minimum atomic E-state index is -3.73. The van der Waals surface area contributed by atoms with Gasteiger partial charge in [0, 0.05) is 6.21 Å². The highest BCUT2D eigenvalue weighted by molar-refractivity contribution is 7.90. The van der Waals surface area contributed by atoms with E-state index in [1.165, 1.54) is 29.7 Å². The molecule has 0 fully saturated rings. The lowest BCUT2D eigenvalue weighted by atomic mass is 10.2. The van der Waals surface area contributed by atoms with Crippen LogP contribution in [0.4, 0.5) is 0 Å². The number of carbonyl (C=O) groups excluding carboxylic acids is 1. The molecule has 0 amide bonds. The van der Waals surface area contributed by atoms with E-state index in [1.807, 2.05) is 0 Å². The van der Waals surface area contributed by atoms with Crippen molar-refractivity contribution in [2.24, 2.45) is 4.40 Å². The minimum Gasteiger partial charge on any atom is -0.422 e. The average Bonchev–Trinajstić information content (AvgIpc) is 3.17. The molecule has 0 unspecified atom stereocenters. The molecule has 0 atom stereocenters. The van der Waals surface area contributed by atoms with E-state index in [2.05, 4.69) is 4.40 Å². The van der Waals surface area contributed by atoms with Gasteiger partial charge in [0.15, 0.2) is 0 Å². The molecule has 126 valence electrons. The zero-order chi connectivity index (χ0) is 17.7. The fraction of sp³-hybridized carbons (Fsp3) is 0. The average molecular weight is 371 g/mol. The van der Waals surface area contributed by atoms with Crippen LogP contribution in [0.2, 0.25) is 0 Å². The van der Waals surface area contributed by atoms with Gasteiger partial charge in [-0.3, -0.25) is 0 Å². The Hall–Kier alpha value is -2.77. The predicted molar refractivity (Wildman–Crippen MR) is 96.9 cm³/mol. The lowest BCUT2D eigenvalue weighted by Gasteiger charge is -2.03. The van der Waals surface area contributed by atoms with E-state index in [0.717, 1.165) is 0 Å². The molecular weight excluding hydrogens is 358 g/mol. The summed E-state index contributed by atoms with van der Waals surface area (Å²) in [6.07, 6.45) is 1.26. The molecule has 0 radical (unpaired) electrons. The van der Waals surface area contributed by atoms with Crippen LogP contribution >= 0.6 is 11.3 Å². The van der Waals surface area contributed by atoms with Gasteiger partial charge in [0.05, 0.1) is 4.90 Å². The molecular formula is C18H13NO4S2. The summed E-state index contributed by atoms with van der Waals surface area (Å²) in [5.41, 5.74) is 0.579. The van der Waals surface area contributed by atoms with E-state index in [0.29, 0.717) is 16.2 Å². The van der Waals surface area contributed by atoms with Gasteiger partial charge < -0.3 is 4.74 Å². The number of esters is 1. The second-order valence-corrected chi connectivity index (χ2v) is 7.54. The van der Waals surface area contributed by atoms with Gasteiger partial charge in [0.2, 0.25) is 0 Å². The molecule has 0 aliphatic carbocycles. The van der Waals surface area contributed by atoms with E-state index < -0.39 is 16.0 Å². The summed E-state index contributed by atoms with van der Waals surface area (Å²) in [6, 6.07) is 17.9. The van der Waals surface area contributed by atoms with Crippen LogP contribution in [0.25, 0.3) is 0 Å². The molecule has 0 aliphatic rings. The van der Waals surface area contributed by atoms with Crippen molar-refractivity contribution in [3.05, 3.63) is 82.6 Å². The molecule has 5 nitrogen and oxygen atoms in total. The molecule has 3 rings (SSSR count). The summed E-state index contributed by atoms with van der Waals surface area (Å²) in [7, 11) is -3.73. The summed E-state index contributed by atoms with van der Waals surface area (Å²) in [4.78, 5) is 12.5. The quantitative estimate of drug-likeness (QED) is 0.389. The highest BCUT2D eigenvalue weighted by atomic mass is 32.2. The number of sulfonamides is 1. The Morgan fingerprint density at radius 2 is 1.68 bits per heavy atom. The number of ether oxygens (including phenoxy) is 1. The Bertz CT molecular complexity index is 977. The van der Waals surface area contributed by atoms with Crippen LogP contribution in [-0.2, 0) is 10.0 Å². The number of hydrogen-bond donors (Lipinski definition) is 0. The third-order valence-corrected chi connectivity index (χ3v) is 5.30. The SMILES string of the molecule is O=C(Oc1ccc(/C=N\S(=O)(=O)c2ccccc2)cc1)c1cccs1. The summed E-state index contributed by atoms with van der Waals surface area (Å²) < 4.78 is 33.1. The van der Waals surface area contributed by atoms with Crippen LogP contribution in [0.5, 0.6) is 5.75 Å². The molecule has 1 heterocycles. The predicted octanol–water partition coefficient (Wildman–Crippen LogP) is 3.78. The van der Waals surface area contributed by atoms with Gasteiger partial charge >= 0.3 is 5.97 Å². The van der Waals surface area contributed by atoms with E-state index in [1.54, 1.807) is 60.0 Å². The lowest BCUT2D eigenvalue weighted by molar-refractivity contribution is 0.0740. The zero-order valence-corrected chi connectivity index (χ0v) is 14.5. The molecule has 0 N–H and O–H groups in total. The molecule has 3 aromatic rings. The number of nitrogens with zero attached hydrogens (tertiary/aromatic N) is 1. The summed E-state index contributed by atoms with van der Waals surface area (Å²) in [5.74, 6) is -0.0514. The molecule has 0 bridgehead atoms. The third-order valence-electron chi connectivity index (χ3n) is 3.19. The first kappa shape index (κ1) is 17.1. The molecule has 1 aromatic heterocycles. The Balaban J connectivity index is 1.69. The molecule has 0 spiro atoms. The van der Waals surface area contributed by atoms with E-state index in [-0.39, 0.29) is 4.90 Å². The fourth-order valence-corrected chi connectivity index (χ4v) is 3.44.